The Morgan fingerprint density at radius 2 is 1.30 bits per heavy atom. The monoisotopic (exact) mass is 286 g/mol. The molecule has 0 heterocycles. The molecule has 0 aliphatic rings. The van der Waals surface area contributed by atoms with Gasteiger partial charge >= 0.3 is 11.9 Å². The van der Waals surface area contributed by atoms with Crippen LogP contribution in [-0.2, 0) is 9.59 Å². The molecule has 2 N–H and O–H groups in total. The van der Waals surface area contributed by atoms with Crippen molar-refractivity contribution in [1.29, 1.82) is 0 Å². The first-order valence-electron chi connectivity index (χ1n) is 7.48. The van der Waals surface area contributed by atoms with Crippen molar-refractivity contribution >= 4 is 11.9 Å². The van der Waals surface area contributed by atoms with Gasteiger partial charge < -0.3 is 10.2 Å². The molecule has 0 rings (SSSR count). The highest BCUT2D eigenvalue weighted by atomic mass is 16.4. The van der Waals surface area contributed by atoms with Gasteiger partial charge in [-0.05, 0) is 36.5 Å². The van der Waals surface area contributed by atoms with Crippen LogP contribution in [0.2, 0.25) is 0 Å². The molecular formula is C16H30O4. The fourth-order valence-corrected chi connectivity index (χ4v) is 3.43. The van der Waals surface area contributed by atoms with Gasteiger partial charge in [-0.2, -0.15) is 0 Å². The van der Waals surface area contributed by atoms with Crippen LogP contribution in [0.15, 0.2) is 0 Å². The summed E-state index contributed by atoms with van der Waals surface area (Å²) < 4.78 is 0. The summed E-state index contributed by atoms with van der Waals surface area (Å²) in [6.07, 6.45) is 0.969. The van der Waals surface area contributed by atoms with E-state index in [2.05, 4.69) is 0 Å². The van der Waals surface area contributed by atoms with E-state index in [0.717, 1.165) is 0 Å². The Morgan fingerprint density at radius 1 is 0.900 bits per heavy atom. The largest absolute Gasteiger partial charge is 0.481 e. The van der Waals surface area contributed by atoms with Crippen molar-refractivity contribution in [1.82, 2.24) is 0 Å². The lowest BCUT2D eigenvalue weighted by Crippen LogP contribution is -2.44. The quantitative estimate of drug-likeness (QED) is 0.674. The minimum absolute atomic E-state index is 0.0275. The molecule has 4 nitrogen and oxygen atoms in total. The Morgan fingerprint density at radius 3 is 1.50 bits per heavy atom. The second-order valence-electron chi connectivity index (χ2n) is 7.11. The van der Waals surface area contributed by atoms with E-state index in [1.807, 2.05) is 41.5 Å². The van der Waals surface area contributed by atoms with Gasteiger partial charge in [0.25, 0.3) is 0 Å². The van der Waals surface area contributed by atoms with E-state index in [0.29, 0.717) is 12.8 Å². The Hall–Kier alpha value is -1.06. The molecule has 0 saturated carbocycles. The molecule has 1 unspecified atom stereocenters. The number of hydrogen-bond donors (Lipinski definition) is 2. The van der Waals surface area contributed by atoms with Crippen LogP contribution in [0.4, 0.5) is 0 Å². The summed E-state index contributed by atoms with van der Waals surface area (Å²) >= 11 is 0. The summed E-state index contributed by atoms with van der Waals surface area (Å²) in [7, 11) is 0. The minimum atomic E-state index is -0.950. The van der Waals surface area contributed by atoms with Crippen LogP contribution in [0.1, 0.15) is 60.8 Å². The summed E-state index contributed by atoms with van der Waals surface area (Å²) in [5, 5.41) is 19.0. The van der Waals surface area contributed by atoms with Crippen LogP contribution in [0, 0.1) is 29.1 Å². The van der Waals surface area contributed by atoms with Crippen LogP contribution in [-0.4, -0.2) is 22.2 Å². The highest BCUT2D eigenvalue weighted by Crippen LogP contribution is 2.46. The average Bonchev–Trinajstić information content (AvgIpc) is 2.22. The number of aliphatic carboxylic acids is 2. The van der Waals surface area contributed by atoms with Gasteiger partial charge in [0, 0.05) is 6.42 Å². The second kappa shape index (κ2) is 7.65. The van der Waals surface area contributed by atoms with Gasteiger partial charge in [0.1, 0.15) is 0 Å². The van der Waals surface area contributed by atoms with E-state index in [9.17, 15) is 14.7 Å². The Balaban J connectivity index is 5.72. The second-order valence-corrected chi connectivity index (χ2v) is 7.11. The predicted octanol–water partition coefficient (Wildman–Crippen LogP) is 3.90. The van der Waals surface area contributed by atoms with E-state index >= 15 is 0 Å². The fourth-order valence-electron chi connectivity index (χ4n) is 3.43. The molecule has 0 saturated heterocycles. The SMILES string of the molecule is CC(C)CC(CC(C)C)(C(=O)O)C(CC(=O)O)C(C)C. The highest BCUT2D eigenvalue weighted by Gasteiger charge is 2.48. The molecule has 0 bridgehead atoms. The number of carbonyl (C=O) groups is 2. The van der Waals surface area contributed by atoms with Crippen molar-refractivity contribution in [3.05, 3.63) is 0 Å². The van der Waals surface area contributed by atoms with Crippen molar-refractivity contribution < 1.29 is 19.8 Å². The number of hydrogen-bond acceptors (Lipinski definition) is 2. The summed E-state index contributed by atoms with van der Waals surface area (Å²) in [4.78, 5) is 23.2. The van der Waals surface area contributed by atoms with Crippen molar-refractivity contribution in [3.63, 3.8) is 0 Å². The van der Waals surface area contributed by atoms with Crippen LogP contribution in [0.5, 0.6) is 0 Å². The third kappa shape index (κ3) is 5.14. The predicted molar refractivity (Wildman–Crippen MR) is 79.6 cm³/mol. The van der Waals surface area contributed by atoms with E-state index in [4.69, 9.17) is 5.11 Å². The number of carboxylic acids is 2. The van der Waals surface area contributed by atoms with Crippen LogP contribution >= 0.6 is 0 Å². The average molecular weight is 286 g/mol. The maximum atomic E-state index is 12.0. The van der Waals surface area contributed by atoms with E-state index in [1.165, 1.54) is 0 Å². The lowest BCUT2D eigenvalue weighted by atomic mass is 9.61. The molecule has 20 heavy (non-hydrogen) atoms. The zero-order valence-electron chi connectivity index (χ0n) is 13.6. The first kappa shape index (κ1) is 18.9. The Bertz CT molecular complexity index is 321. The highest BCUT2D eigenvalue weighted by molar-refractivity contribution is 5.77. The van der Waals surface area contributed by atoms with E-state index in [-0.39, 0.29) is 30.1 Å². The third-order valence-electron chi connectivity index (χ3n) is 3.88. The molecule has 0 radical (unpaired) electrons. The maximum absolute atomic E-state index is 12.0. The molecule has 4 heteroatoms. The molecular weight excluding hydrogens is 256 g/mol. The molecule has 118 valence electrons. The third-order valence-corrected chi connectivity index (χ3v) is 3.88. The molecule has 0 spiro atoms. The molecule has 0 aliphatic heterocycles. The van der Waals surface area contributed by atoms with Crippen molar-refractivity contribution in [2.45, 2.75) is 60.8 Å². The number of rotatable bonds is 9. The van der Waals surface area contributed by atoms with Gasteiger partial charge in [-0.25, -0.2) is 0 Å². The zero-order valence-corrected chi connectivity index (χ0v) is 13.6. The van der Waals surface area contributed by atoms with E-state index in [1.54, 1.807) is 0 Å². The van der Waals surface area contributed by atoms with Crippen LogP contribution < -0.4 is 0 Å². The maximum Gasteiger partial charge on any atom is 0.309 e. The summed E-state index contributed by atoms with van der Waals surface area (Å²) in [5.41, 5.74) is -0.950. The zero-order chi connectivity index (χ0) is 16.1. The van der Waals surface area contributed by atoms with Crippen LogP contribution in [0.25, 0.3) is 0 Å². The molecule has 0 fully saturated rings. The summed E-state index contributed by atoms with van der Waals surface area (Å²) in [5.74, 6) is -1.64. The minimum Gasteiger partial charge on any atom is -0.481 e. The normalized spacial score (nSPS) is 14.1. The molecule has 0 aliphatic carbocycles. The van der Waals surface area contributed by atoms with Crippen molar-refractivity contribution in [2.75, 3.05) is 0 Å². The van der Waals surface area contributed by atoms with Gasteiger partial charge in [0.05, 0.1) is 5.41 Å². The van der Waals surface area contributed by atoms with Gasteiger partial charge in [-0.3, -0.25) is 9.59 Å². The molecule has 1 atom stereocenters. The lowest BCUT2D eigenvalue weighted by molar-refractivity contribution is -0.159. The van der Waals surface area contributed by atoms with Gasteiger partial charge in [-0.1, -0.05) is 41.5 Å². The Labute approximate surface area is 122 Å². The number of carboxylic acid groups (broad SMARTS) is 2. The van der Waals surface area contributed by atoms with Crippen molar-refractivity contribution in [2.24, 2.45) is 29.1 Å². The molecule has 0 aromatic heterocycles. The Kier molecular flexibility index (Phi) is 7.25. The fraction of sp³-hybridized carbons (Fsp3) is 0.875. The smallest absolute Gasteiger partial charge is 0.309 e. The molecule has 0 aromatic carbocycles. The van der Waals surface area contributed by atoms with E-state index < -0.39 is 17.4 Å². The van der Waals surface area contributed by atoms with Gasteiger partial charge in [0.15, 0.2) is 0 Å². The first-order valence-corrected chi connectivity index (χ1v) is 7.48. The van der Waals surface area contributed by atoms with Crippen molar-refractivity contribution in [3.8, 4) is 0 Å². The van der Waals surface area contributed by atoms with Crippen LogP contribution in [0.3, 0.4) is 0 Å². The molecule has 0 amide bonds. The summed E-state index contributed by atoms with van der Waals surface area (Å²) in [6, 6.07) is 0. The topological polar surface area (TPSA) is 74.6 Å². The van der Waals surface area contributed by atoms with Gasteiger partial charge in [0.2, 0.25) is 0 Å². The first-order chi connectivity index (χ1) is 9.02. The lowest BCUT2D eigenvalue weighted by Gasteiger charge is -2.41. The molecule has 0 aromatic rings. The standard InChI is InChI=1S/C16H30O4/c1-10(2)8-16(15(19)20,9-11(3)4)13(12(5)6)7-14(17)18/h10-13H,7-9H2,1-6H3,(H,17,18)(H,19,20). The van der Waals surface area contributed by atoms with Gasteiger partial charge in [-0.15, -0.1) is 0 Å². The summed E-state index contributed by atoms with van der Waals surface area (Å²) in [6.45, 7) is 11.8.